The van der Waals surface area contributed by atoms with Gasteiger partial charge in [-0.1, -0.05) is 101 Å². The van der Waals surface area contributed by atoms with Gasteiger partial charge in [0.05, 0.1) is 24.3 Å². The van der Waals surface area contributed by atoms with E-state index in [0.29, 0.717) is 56.0 Å². The fraction of sp³-hybridized carbons (Fsp3) is 0.174. The van der Waals surface area contributed by atoms with Crippen molar-refractivity contribution in [3.63, 3.8) is 0 Å². The van der Waals surface area contributed by atoms with Gasteiger partial charge < -0.3 is 45.6 Å². The highest BCUT2D eigenvalue weighted by atomic mass is 79.9. The van der Waals surface area contributed by atoms with Gasteiger partial charge in [-0.3, -0.25) is 0 Å². The molecule has 2 aliphatic rings. The number of aliphatic hydroxyl groups excluding tert-OH is 2. The quantitative estimate of drug-likeness (QED) is 0.0551. The molecule has 0 saturated carbocycles. The number of anilines is 2. The van der Waals surface area contributed by atoms with Crippen molar-refractivity contribution in [1.29, 1.82) is 21.0 Å². The number of fused-ring (bicyclic) bond motifs is 2. The Morgan fingerprint density at radius 1 is 0.683 bits per heavy atom. The van der Waals surface area contributed by atoms with E-state index in [9.17, 15) is 26.2 Å². The predicted octanol–water partition coefficient (Wildman–Crippen LogP) is 7.95. The van der Waals surface area contributed by atoms with Crippen LogP contribution in [-0.2, 0) is 11.1 Å². The molecular formula is C46H37BrN8O6S2. The minimum Gasteiger partial charge on any atom is -0.486 e. The van der Waals surface area contributed by atoms with Gasteiger partial charge in [-0.2, -0.15) is 21.0 Å². The van der Waals surface area contributed by atoms with E-state index in [4.69, 9.17) is 47.7 Å². The maximum atomic E-state index is 9.94. The molecule has 0 amide bonds. The number of nitrogens with one attached hydrogen (secondary N) is 1. The molecule has 17 heteroatoms. The number of nitrogens with two attached hydrogens (primary N) is 2. The van der Waals surface area contributed by atoms with E-state index >= 15 is 0 Å². The summed E-state index contributed by atoms with van der Waals surface area (Å²) in [5.74, 6) is 2.69. The van der Waals surface area contributed by atoms with E-state index in [1.54, 1.807) is 36.4 Å². The summed E-state index contributed by atoms with van der Waals surface area (Å²) < 4.78 is 22.7. The number of thioether (sulfide) groups is 1. The van der Waals surface area contributed by atoms with Crippen molar-refractivity contribution >= 4 is 51.5 Å². The Kier molecular flexibility index (Phi) is 15.6. The van der Waals surface area contributed by atoms with Crippen LogP contribution in [0, 0.1) is 50.0 Å². The van der Waals surface area contributed by atoms with Gasteiger partial charge in [0.1, 0.15) is 69.9 Å². The van der Waals surface area contributed by atoms with Crippen LogP contribution >= 0.6 is 39.9 Å². The van der Waals surface area contributed by atoms with Crippen LogP contribution in [0.4, 0.5) is 11.6 Å². The van der Waals surface area contributed by atoms with E-state index in [1.165, 1.54) is 17.3 Å². The van der Waals surface area contributed by atoms with Gasteiger partial charge in [-0.05, 0) is 46.5 Å². The molecule has 2 aromatic heterocycles. The molecule has 4 heterocycles. The van der Waals surface area contributed by atoms with E-state index in [-0.39, 0.29) is 65.0 Å². The summed E-state index contributed by atoms with van der Waals surface area (Å²) in [6, 6.07) is 38.6. The second-order valence-electron chi connectivity index (χ2n) is 13.6. The van der Waals surface area contributed by atoms with Crippen LogP contribution in [0.25, 0.3) is 22.3 Å². The first-order valence-electron chi connectivity index (χ1n) is 19.0. The average Bonchev–Trinajstić information content (AvgIpc) is 3.33. The number of hydrogen-bond acceptors (Lipinski definition) is 15. The van der Waals surface area contributed by atoms with Crippen LogP contribution in [0.15, 0.2) is 102 Å². The molecule has 0 bridgehead atoms. The highest BCUT2D eigenvalue weighted by molar-refractivity contribution is 9.08. The van der Waals surface area contributed by atoms with Gasteiger partial charge in [0.15, 0.2) is 35.2 Å². The Hall–Kier alpha value is -7.09. The lowest BCUT2D eigenvalue weighted by Crippen LogP contribution is -2.32. The van der Waals surface area contributed by atoms with Crippen LogP contribution in [0.5, 0.6) is 23.0 Å². The minimum absolute atomic E-state index is 0.0716. The number of aromatic amines is 1. The Balaban J connectivity index is 0.000000182. The summed E-state index contributed by atoms with van der Waals surface area (Å²) in [4.78, 5) is 7.00. The van der Waals surface area contributed by atoms with Crippen molar-refractivity contribution in [1.82, 2.24) is 9.97 Å². The Bertz CT molecular complexity index is 2840. The predicted molar refractivity (Wildman–Crippen MR) is 243 cm³/mol. The van der Waals surface area contributed by atoms with Gasteiger partial charge in [0.2, 0.25) is 0 Å². The number of hydrogen-bond donors (Lipinski definition) is 5. The van der Waals surface area contributed by atoms with Gasteiger partial charge in [-0.15, -0.1) is 11.8 Å². The summed E-state index contributed by atoms with van der Waals surface area (Å²) in [6.07, 6.45) is -0.853. The van der Waals surface area contributed by atoms with Crippen molar-refractivity contribution in [3.05, 3.63) is 135 Å². The first kappa shape index (κ1) is 45.4. The van der Waals surface area contributed by atoms with E-state index in [1.807, 2.05) is 60.7 Å². The average molecular weight is 942 g/mol. The van der Waals surface area contributed by atoms with Crippen molar-refractivity contribution in [2.24, 2.45) is 0 Å². The van der Waals surface area contributed by atoms with Crippen molar-refractivity contribution in [3.8, 4) is 69.5 Å². The van der Waals surface area contributed by atoms with Gasteiger partial charge in [-0.25, -0.2) is 4.98 Å². The van der Waals surface area contributed by atoms with Crippen LogP contribution in [0.1, 0.15) is 33.4 Å². The third kappa shape index (κ3) is 10.7. The zero-order valence-electron chi connectivity index (χ0n) is 33.2. The number of H-pyrrole nitrogens is 1. The molecule has 7 N–H and O–H groups in total. The minimum atomic E-state index is -0.430. The summed E-state index contributed by atoms with van der Waals surface area (Å²) in [5.41, 5.74) is 17.0. The monoisotopic (exact) mass is 940 g/mol. The van der Waals surface area contributed by atoms with Crippen LogP contribution < -0.4 is 30.4 Å². The zero-order chi connectivity index (χ0) is 44.9. The third-order valence-electron chi connectivity index (χ3n) is 9.41. The molecule has 6 aromatic rings. The first-order valence-corrected chi connectivity index (χ1v) is 21.5. The van der Waals surface area contributed by atoms with Crippen LogP contribution in [-0.4, -0.2) is 58.8 Å². The number of pyridine rings is 2. The largest absolute Gasteiger partial charge is 0.486 e. The summed E-state index contributed by atoms with van der Waals surface area (Å²) >= 11 is 9.88. The number of nitrogen functional groups attached to an aromatic ring is 2. The molecule has 0 spiro atoms. The number of nitriles is 4. The third-order valence-corrected chi connectivity index (χ3v) is 11.4. The smallest absolute Gasteiger partial charge is 0.162 e. The molecule has 0 fully saturated rings. The Labute approximate surface area is 380 Å². The Morgan fingerprint density at radius 2 is 1.17 bits per heavy atom. The van der Waals surface area contributed by atoms with Crippen molar-refractivity contribution in [2.75, 3.05) is 37.9 Å². The fourth-order valence-corrected chi connectivity index (χ4v) is 7.92. The summed E-state index contributed by atoms with van der Waals surface area (Å²) in [6.45, 7) is 0.115. The number of aliphatic hydroxyl groups is 2. The molecule has 8 rings (SSSR count). The van der Waals surface area contributed by atoms with Gasteiger partial charge in [0, 0.05) is 22.2 Å². The van der Waals surface area contributed by atoms with Crippen LogP contribution in [0.3, 0.4) is 0 Å². The topological polar surface area (TPSA) is 253 Å². The lowest BCUT2D eigenvalue weighted by Gasteiger charge is -2.25. The number of ether oxygens (including phenoxy) is 4. The molecule has 2 atom stereocenters. The van der Waals surface area contributed by atoms with Crippen molar-refractivity contribution in [2.45, 2.75) is 28.3 Å². The van der Waals surface area contributed by atoms with E-state index in [2.05, 4.69) is 50.2 Å². The molecule has 63 heavy (non-hydrogen) atoms. The number of rotatable bonds is 8. The molecule has 14 nitrogen and oxygen atoms in total. The highest BCUT2D eigenvalue weighted by Gasteiger charge is 2.26. The molecular weight excluding hydrogens is 905 g/mol. The number of halogens is 1. The first-order chi connectivity index (χ1) is 30.7. The second-order valence-corrected chi connectivity index (χ2v) is 15.5. The van der Waals surface area contributed by atoms with Crippen LogP contribution in [0.2, 0.25) is 0 Å². The molecule has 4 aromatic carbocycles. The summed E-state index contributed by atoms with van der Waals surface area (Å²) in [5, 5.41) is 58.3. The Morgan fingerprint density at radius 3 is 1.63 bits per heavy atom. The lowest BCUT2D eigenvalue weighted by atomic mass is 9.96. The molecule has 316 valence electrons. The summed E-state index contributed by atoms with van der Waals surface area (Å²) in [7, 11) is 0. The van der Waals surface area contributed by atoms with E-state index in [0.717, 1.165) is 10.9 Å². The lowest BCUT2D eigenvalue weighted by molar-refractivity contribution is 0.0457. The fourth-order valence-electron chi connectivity index (χ4n) is 6.34. The number of benzene rings is 4. The standard InChI is InChI=1S/C23H18N4O3S.C16H12N4O3S.C7H7Br/c24-9-17-21(15-6-7-19-20(8-15)29-12-16(11-28)30-19)18(10-25)23(27-22(17)26)31-13-14-4-2-1-3-5-14;17-4-10-14(11(5-18)16(24)20-15(10)19)8-1-2-12-13(3-8)22-7-9(6-21)23-12;8-6-7-4-2-1-3-5-7/h1-8,16,28H,11-13H2,(H2,26,27);1-3,9,21H,6-7H2,(H3,19,20,24);1-5H,6H2. The molecule has 0 radical (unpaired) electrons. The van der Waals surface area contributed by atoms with E-state index < -0.39 is 12.2 Å². The van der Waals surface area contributed by atoms with Crippen molar-refractivity contribution < 1.29 is 29.2 Å². The number of nitrogens with zero attached hydrogens (tertiary/aromatic N) is 5. The SMILES string of the molecule is BrCc1ccccc1.N#Cc1c(N)[nH]c(=S)c(C#N)c1-c1ccc2c(c1)OCC(CO)O2.N#Cc1c(N)nc(SCc2ccccc2)c(C#N)c1-c1ccc2c(c1)OCC(CO)O2. The van der Waals surface area contributed by atoms with Gasteiger partial charge in [0.25, 0.3) is 0 Å². The maximum absolute atomic E-state index is 9.94. The number of aromatic nitrogens is 2. The van der Waals surface area contributed by atoms with Gasteiger partial charge >= 0.3 is 0 Å². The number of alkyl halides is 1. The maximum Gasteiger partial charge on any atom is 0.162 e. The normalized spacial score (nSPS) is 14.1. The molecule has 0 aliphatic carbocycles. The highest BCUT2D eigenvalue weighted by Crippen LogP contribution is 2.42. The molecule has 2 aliphatic heterocycles. The molecule has 0 saturated heterocycles. The molecule has 2 unspecified atom stereocenters. The zero-order valence-corrected chi connectivity index (χ0v) is 36.5. The second kappa shape index (κ2) is 21.6.